The lowest BCUT2D eigenvalue weighted by molar-refractivity contribution is 0.0705. The average molecular weight is 282 g/mol. The van der Waals surface area contributed by atoms with E-state index in [4.69, 9.17) is 0 Å². The normalized spacial score (nSPS) is 20.3. The molecule has 104 valence electrons. The molecular weight excluding hydrogens is 264 g/mol. The molecule has 0 aromatic heterocycles. The molecule has 1 aliphatic rings. The van der Waals surface area contributed by atoms with Gasteiger partial charge in [0, 0.05) is 31.9 Å². The SMILES string of the molecule is CC1CN(C(=O)c2ccccc2S(C)(=O)=O)CCN1. The van der Waals surface area contributed by atoms with Crippen LogP contribution in [0.2, 0.25) is 0 Å². The molecule has 1 aromatic carbocycles. The molecule has 0 bridgehead atoms. The summed E-state index contributed by atoms with van der Waals surface area (Å²) in [7, 11) is -3.39. The second kappa shape index (κ2) is 5.30. The van der Waals surface area contributed by atoms with Crippen molar-refractivity contribution >= 4 is 15.7 Å². The van der Waals surface area contributed by atoms with E-state index in [1.807, 2.05) is 6.92 Å². The quantitative estimate of drug-likeness (QED) is 0.859. The molecule has 1 heterocycles. The molecule has 0 radical (unpaired) electrons. The van der Waals surface area contributed by atoms with Gasteiger partial charge in [0.05, 0.1) is 10.5 Å². The average Bonchev–Trinajstić information content (AvgIpc) is 2.37. The molecule has 19 heavy (non-hydrogen) atoms. The van der Waals surface area contributed by atoms with Crippen LogP contribution < -0.4 is 5.32 Å². The maximum atomic E-state index is 12.4. The smallest absolute Gasteiger partial charge is 0.255 e. The van der Waals surface area contributed by atoms with Gasteiger partial charge in [0.2, 0.25) is 0 Å². The van der Waals surface area contributed by atoms with Crippen molar-refractivity contribution in [1.29, 1.82) is 0 Å². The van der Waals surface area contributed by atoms with Gasteiger partial charge >= 0.3 is 0 Å². The monoisotopic (exact) mass is 282 g/mol. The van der Waals surface area contributed by atoms with E-state index in [2.05, 4.69) is 5.32 Å². The van der Waals surface area contributed by atoms with E-state index in [-0.39, 0.29) is 22.4 Å². The number of carbonyl (C=O) groups is 1. The number of nitrogens with one attached hydrogen (secondary N) is 1. The summed E-state index contributed by atoms with van der Waals surface area (Å²) < 4.78 is 23.4. The summed E-state index contributed by atoms with van der Waals surface area (Å²) >= 11 is 0. The number of piperazine rings is 1. The molecule has 1 atom stereocenters. The highest BCUT2D eigenvalue weighted by Gasteiger charge is 2.25. The van der Waals surface area contributed by atoms with Crippen LogP contribution in [0.15, 0.2) is 29.2 Å². The van der Waals surface area contributed by atoms with Crippen molar-refractivity contribution in [2.75, 3.05) is 25.9 Å². The molecule has 1 amide bonds. The van der Waals surface area contributed by atoms with Crippen molar-refractivity contribution in [2.45, 2.75) is 17.9 Å². The Balaban J connectivity index is 2.34. The van der Waals surface area contributed by atoms with E-state index < -0.39 is 9.84 Å². The molecule has 5 nitrogen and oxygen atoms in total. The minimum Gasteiger partial charge on any atom is -0.336 e. The van der Waals surface area contributed by atoms with Crippen molar-refractivity contribution in [2.24, 2.45) is 0 Å². The zero-order valence-corrected chi connectivity index (χ0v) is 11.9. The van der Waals surface area contributed by atoms with Gasteiger partial charge in [-0.2, -0.15) is 0 Å². The van der Waals surface area contributed by atoms with Gasteiger partial charge in [-0.05, 0) is 19.1 Å². The first-order valence-corrected chi connectivity index (χ1v) is 8.10. The molecule has 1 aliphatic heterocycles. The first-order chi connectivity index (χ1) is 8.89. The van der Waals surface area contributed by atoms with Crippen LogP contribution >= 0.6 is 0 Å². The minimum atomic E-state index is -3.39. The van der Waals surface area contributed by atoms with Crippen LogP contribution in [-0.4, -0.2) is 51.2 Å². The summed E-state index contributed by atoms with van der Waals surface area (Å²) in [6.07, 6.45) is 1.12. The minimum absolute atomic E-state index is 0.103. The molecule has 0 aliphatic carbocycles. The molecule has 6 heteroatoms. The summed E-state index contributed by atoms with van der Waals surface area (Å²) in [6, 6.07) is 6.60. The highest BCUT2D eigenvalue weighted by molar-refractivity contribution is 7.90. The van der Waals surface area contributed by atoms with Gasteiger partial charge in [-0.3, -0.25) is 4.79 Å². The molecule has 1 fully saturated rings. The number of rotatable bonds is 2. The summed E-state index contributed by atoms with van der Waals surface area (Å²) in [5.41, 5.74) is 0.263. The molecule has 1 N–H and O–H groups in total. The molecule has 1 saturated heterocycles. The second-order valence-corrected chi connectivity index (χ2v) is 6.86. The molecule has 1 unspecified atom stereocenters. The zero-order valence-electron chi connectivity index (χ0n) is 11.1. The van der Waals surface area contributed by atoms with Gasteiger partial charge in [0.15, 0.2) is 9.84 Å². The third-order valence-electron chi connectivity index (χ3n) is 3.17. The maximum Gasteiger partial charge on any atom is 0.255 e. The van der Waals surface area contributed by atoms with E-state index in [1.54, 1.807) is 23.1 Å². The fourth-order valence-corrected chi connectivity index (χ4v) is 3.13. The van der Waals surface area contributed by atoms with Gasteiger partial charge in [0.1, 0.15) is 0 Å². The van der Waals surface area contributed by atoms with Crippen molar-refractivity contribution in [3.63, 3.8) is 0 Å². The number of benzene rings is 1. The first-order valence-electron chi connectivity index (χ1n) is 6.21. The predicted molar refractivity (Wildman–Crippen MR) is 72.9 cm³/mol. The topological polar surface area (TPSA) is 66.5 Å². The summed E-state index contributed by atoms with van der Waals surface area (Å²) in [5.74, 6) is -0.214. The molecule has 0 saturated carbocycles. The van der Waals surface area contributed by atoms with Crippen molar-refractivity contribution in [3.8, 4) is 0 Å². The van der Waals surface area contributed by atoms with E-state index in [9.17, 15) is 13.2 Å². The third-order valence-corrected chi connectivity index (χ3v) is 4.33. The van der Waals surface area contributed by atoms with Crippen LogP contribution in [0.4, 0.5) is 0 Å². The number of sulfone groups is 1. The Morgan fingerprint density at radius 3 is 2.68 bits per heavy atom. The number of carbonyl (C=O) groups excluding carboxylic acids is 1. The maximum absolute atomic E-state index is 12.4. The van der Waals surface area contributed by atoms with E-state index in [0.29, 0.717) is 13.1 Å². The van der Waals surface area contributed by atoms with Gasteiger partial charge in [0.25, 0.3) is 5.91 Å². The molecule has 1 aromatic rings. The summed E-state index contributed by atoms with van der Waals surface area (Å²) in [4.78, 5) is 14.2. The van der Waals surface area contributed by atoms with Gasteiger partial charge in [-0.1, -0.05) is 12.1 Å². The lowest BCUT2D eigenvalue weighted by Gasteiger charge is -2.32. The number of hydrogen-bond acceptors (Lipinski definition) is 4. The Morgan fingerprint density at radius 2 is 2.05 bits per heavy atom. The lowest BCUT2D eigenvalue weighted by atomic mass is 10.1. The van der Waals surface area contributed by atoms with Gasteiger partial charge < -0.3 is 10.2 Å². The Hall–Kier alpha value is -1.40. The highest BCUT2D eigenvalue weighted by Crippen LogP contribution is 2.18. The van der Waals surface area contributed by atoms with Crippen molar-refractivity contribution < 1.29 is 13.2 Å². The largest absolute Gasteiger partial charge is 0.336 e. The molecule has 0 spiro atoms. The highest BCUT2D eigenvalue weighted by atomic mass is 32.2. The van der Waals surface area contributed by atoms with Crippen LogP contribution in [0.5, 0.6) is 0 Å². The zero-order chi connectivity index (χ0) is 14.0. The standard InChI is InChI=1S/C13H18N2O3S/c1-10-9-15(8-7-14-10)13(16)11-5-3-4-6-12(11)19(2,17)18/h3-6,10,14H,7-9H2,1-2H3. The fourth-order valence-electron chi connectivity index (χ4n) is 2.25. The predicted octanol–water partition coefficient (Wildman–Crippen LogP) is 0.524. The summed E-state index contributed by atoms with van der Waals surface area (Å²) in [5, 5.41) is 3.25. The lowest BCUT2D eigenvalue weighted by Crippen LogP contribution is -2.51. The van der Waals surface area contributed by atoms with Crippen LogP contribution in [0.3, 0.4) is 0 Å². The Labute approximate surface area is 113 Å². The summed E-state index contributed by atoms with van der Waals surface area (Å²) in [6.45, 7) is 3.92. The van der Waals surface area contributed by atoms with E-state index >= 15 is 0 Å². The number of nitrogens with zero attached hydrogens (tertiary/aromatic N) is 1. The van der Waals surface area contributed by atoms with Crippen LogP contribution in [-0.2, 0) is 9.84 Å². The van der Waals surface area contributed by atoms with Crippen LogP contribution in [0, 0.1) is 0 Å². The third kappa shape index (κ3) is 3.13. The number of hydrogen-bond donors (Lipinski definition) is 1. The molecular formula is C13H18N2O3S. The second-order valence-electron chi connectivity index (χ2n) is 4.87. The van der Waals surface area contributed by atoms with Crippen LogP contribution in [0.25, 0.3) is 0 Å². The first kappa shape index (κ1) is 14.0. The van der Waals surface area contributed by atoms with Crippen molar-refractivity contribution in [1.82, 2.24) is 10.2 Å². The van der Waals surface area contributed by atoms with Crippen molar-refractivity contribution in [3.05, 3.63) is 29.8 Å². The van der Waals surface area contributed by atoms with Gasteiger partial charge in [-0.15, -0.1) is 0 Å². The Kier molecular flexibility index (Phi) is 3.91. The fraction of sp³-hybridized carbons (Fsp3) is 0.462. The van der Waals surface area contributed by atoms with Crippen LogP contribution in [0.1, 0.15) is 17.3 Å². The Bertz CT molecular complexity index is 583. The van der Waals surface area contributed by atoms with Gasteiger partial charge in [-0.25, -0.2) is 8.42 Å². The van der Waals surface area contributed by atoms with E-state index in [1.165, 1.54) is 6.07 Å². The van der Waals surface area contributed by atoms with E-state index in [0.717, 1.165) is 12.8 Å². The Morgan fingerprint density at radius 1 is 1.37 bits per heavy atom. The number of amides is 1. The molecule has 2 rings (SSSR count).